The van der Waals surface area contributed by atoms with E-state index in [1.165, 1.54) is 81.7 Å². The topological polar surface area (TPSA) is 14.8 Å². The molecule has 0 aliphatic heterocycles. The van der Waals surface area contributed by atoms with Gasteiger partial charge in [-0.05, 0) is 86.9 Å². The van der Waals surface area contributed by atoms with Crippen molar-refractivity contribution in [1.29, 1.82) is 0 Å². The molecular weight excluding hydrogens is 763 g/mol. The van der Waals surface area contributed by atoms with Gasteiger partial charge in [0.15, 0.2) is 0 Å². The van der Waals surface area contributed by atoms with E-state index in [1.54, 1.807) is 0 Å². The highest BCUT2D eigenvalue weighted by Crippen LogP contribution is 2.49. The average molecular weight is 802 g/mol. The number of hydrogen-bond acceptors (Lipinski definition) is 0. The van der Waals surface area contributed by atoms with Crippen molar-refractivity contribution >= 4 is 65.0 Å². The Kier molecular flexibility index (Phi) is 7.91. The van der Waals surface area contributed by atoms with Gasteiger partial charge in [0.25, 0.3) is 0 Å². The molecule has 3 nitrogen and oxygen atoms in total. The van der Waals surface area contributed by atoms with Crippen molar-refractivity contribution in [2.75, 3.05) is 0 Å². The Labute approximate surface area is 364 Å². The van der Waals surface area contributed by atoms with Crippen molar-refractivity contribution in [3.8, 4) is 50.8 Å². The van der Waals surface area contributed by atoms with Gasteiger partial charge in [-0.15, -0.1) is 0 Å². The third-order valence-electron chi connectivity index (χ3n) is 13.0. The molecule has 3 aromatic heterocycles. The first-order valence-corrected chi connectivity index (χ1v) is 21.7. The van der Waals surface area contributed by atoms with E-state index < -0.39 is 0 Å². The molecule has 0 saturated heterocycles. The minimum atomic E-state index is 1.11. The maximum atomic E-state index is 2.53. The second kappa shape index (κ2) is 14.1. The number of benzene rings is 10. The van der Waals surface area contributed by atoms with Crippen LogP contribution in [0.15, 0.2) is 237 Å². The summed E-state index contributed by atoms with van der Waals surface area (Å²) < 4.78 is 7.59. The van der Waals surface area contributed by atoms with Crippen molar-refractivity contribution in [1.82, 2.24) is 13.7 Å². The fourth-order valence-corrected chi connectivity index (χ4v) is 10.3. The van der Waals surface area contributed by atoms with Crippen LogP contribution < -0.4 is 0 Å². The molecule has 0 fully saturated rings. The summed E-state index contributed by atoms with van der Waals surface area (Å²) in [5.74, 6) is 0. The van der Waals surface area contributed by atoms with E-state index >= 15 is 0 Å². The normalized spacial score (nSPS) is 11.8. The molecule has 10 aromatic carbocycles. The molecule has 0 spiro atoms. The summed E-state index contributed by atoms with van der Waals surface area (Å²) in [5, 5.41) is 10.9. The molecule has 0 atom stereocenters. The van der Waals surface area contributed by atoms with Crippen LogP contribution >= 0.6 is 0 Å². The molecule has 0 aliphatic carbocycles. The van der Waals surface area contributed by atoms with Crippen LogP contribution in [0.4, 0.5) is 0 Å². The molecular formula is C60H39N3. The smallest absolute Gasteiger partial charge is 0.0650 e. The maximum absolute atomic E-state index is 2.53. The van der Waals surface area contributed by atoms with Crippen LogP contribution in [0, 0.1) is 0 Å². The van der Waals surface area contributed by atoms with Gasteiger partial charge in [-0.25, -0.2) is 0 Å². The predicted molar refractivity (Wildman–Crippen MR) is 266 cm³/mol. The number of aromatic nitrogens is 3. The van der Waals surface area contributed by atoms with E-state index in [9.17, 15) is 0 Å². The number of rotatable bonds is 6. The Morgan fingerprint density at radius 1 is 0.206 bits per heavy atom. The Bertz CT molecular complexity index is 3430. The Morgan fingerprint density at radius 2 is 0.460 bits per heavy atom. The van der Waals surface area contributed by atoms with Crippen molar-refractivity contribution in [2.24, 2.45) is 0 Å². The first-order chi connectivity index (χ1) is 31.3. The van der Waals surface area contributed by atoms with Gasteiger partial charge in [-0.3, -0.25) is 0 Å². The summed E-state index contributed by atoms with van der Waals surface area (Å²) in [6, 6.07) is 86.7. The summed E-state index contributed by atoms with van der Waals surface area (Å²) in [6.07, 6.45) is 0. The molecule has 0 unspecified atom stereocenters. The molecule has 13 aromatic rings. The third kappa shape index (κ3) is 5.40. The lowest BCUT2D eigenvalue weighted by Crippen LogP contribution is -2.00. The Morgan fingerprint density at radius 3 is 0.762 bits per heavy atom. The minimum Gasteiger partial charge on any atom is -0.308 e. The SMILES string of the molecule is c1ccc(-n2c(-c3cccc4ccccc34)cc3c2c2cc(-c4cccc5ccccc45)n(-c4ccccc4)c2c2cc(-c4cccc5ccccc45)n(-c4ccccc4)c32)cc1. The summed E-state index contributed by atoms with van der Waals surface area (Å²) in [5.41, 5.74) is 13.9. The summed E-state index contributed by atoms with van der Waals surface area (Å²) in [7, 11) is 0. The van der Waals surface area contributed by atoms with E-state index in [2.05, 4.69) is 250 Å². The zero-order chi connectivity index (χ0) is 41.4. The van der Waals surface area contributed by atoms with Crippen molar-refractivity contribution in [3.05, 3.63) is 237 Å². The monoisotopic (exact) mass is 801 g/mol. The predicted octanol–water partition coefficient (Wildman–Crippen LogP) is 16.0. The molecule has 0 N–H and O–H groups in total. The zero-order valence-electron chi connectivity index (χ0n) is 34.4. The first kappa shape index (κ1) is 35.4. The fraction of sp³-hybridized carbons (Fsp3) is 0. The van der Waals surface area contributed by atoms with Crippen molar-refractivity contribution < 1.29 is 0 Å². The number of nitrogens with zero attached hydrogens (tertiary/aromatic N) is 3. The van der Waals surface area contributed by atoms with Crippen LogP contribution in [-0.4, -0.2) is 13.7 Å². The van der Waals surface area contributed by atoms with Gasteiger partial charge >= 0.3 is 0 Å². The lowest BCUT2D eigenvalue weighted by molar-refractivity contribution is 1.13. The lowest BCUT2D eigenvalue weighted by atomic mass is 10.0. The highest BCUT2D eigenvalue weighted by atomic mass is 15.1. The molecule has 3 heterocycles. The number of fused-ring (bicyclic) bond motifs is 9. The summed E-state index contributed by atoms with van der Waals surface area (Å²) in [6.45, 7) is 0. The quantitative estimate of drug-likeness (QED) is 0.159. The second-order valence-electron chi connectivity index (χ2n) is 16.5. The molecule has 3 heteroatoms. The fourth-order valence-electron chi connectivity index (χ4n) is 10.3. The van der Waals surface area contributed by atoms with Crippen molar-refractivity contribution in [3.63, 3.8) is 0 Å². The second-order valence-corrected chi connectivity index (χ2v) is 16.5. The molecule has 0 aliphatic rings. The molecule has 294 valence electrons. The van der Waals surface area contributed by atoms with E-state index in [0.29, 0.717) is 0 Å². The average Bonchev–Trinajstić information content (AvgIpc) is 4.07. The lowest BCUT2D eigenvalue weighted by Gasteiger charge is -2.16. The number of para-hydroxylation sites is 3. The van der Waals surface area contributed by atoms with Gasteiger partial charge in [0.05, 0.1) is 33.6 Å². The van der Waals surface area contributed by atoms with E-state index in [4.69, 9.17) is 0 Å². The van der Waals surface area contributed by atoms with E-state index in [-0.39, 0.29) is 0 Å². The molecule has 0 radical (unpaired) electrons. The highest BCUT2D eigenvalue weighted by molar-refractivity contribution is 6.28. The van der Waals surface area contributed by atoms with Gasteiger partial charge in [-0.2, -0.15) is 0 Å². The summed E-state index contributed by atoms with van der Waals surface area (Å²) >= 11 is 0. The standard InChI is InChI=1S/C60H39N3/c1-4-25-43(26-5-1)61-55(49-34-16-22-40-19-10-13-31-46(40)49)37-52-58(61)53-38-56(50-35-17-23-41-20-11-14-32-47(41)50)62(44-27-6-2-7-28-44)60(53)54-39-57(63(59(52)54)45-29-8-3-9-30-45)51-36-18-24-42-21-12-15-33-48(42)51/h1-39H. The highest BCUT2D eigenvalue weighted by Gasteiger charge is 2.28. The zero-order valence-corrected chi connectivity index (χ0v) is 34.4. The molecule has 13 rings (SSSR count). The van der Waals surface area contributed by atoms with Crippen LogP contribution in [0.2, 0.25) is 0 Å². The van der Waals surface area contributed by atoms with Crippen molar-refractivity contribution in [2.45, 2.75) is 0 Å². The van der Waals surface area contributed by atoms with Gasteiger partial charge in [0.2, 0.25) is 0 Å². The van der Waals surface area contributed by atoms with E-state index in [1.807, 2.05) is 0 Å². The molecule has 0 bridgehead atoms. The van der Waals surface area contributed by atoms with Crippen LogP contribution in [0.3, 0.4) is 0 Å². The van der Waals surface area contributed by atoms with Crippen LogP contribution in [0.1, 0.15) is 0 Å². The largest absolute Gasteiger partial charge is 0.308 e. The first-order valence-electron chi connectivity index (χ1n) is 21.7. The van der Waals surface area contributed by atoms with Gasteiger partial charge < -0.3 is 13.7 Å². The third-order valence-corrected chi connectivity index (χ3v) is 13.0. The van der Waals surface area contributed by atoms with Gasteiger partial charge in [-0.1, -0.05) is 182 Å². The Balaban J connectivity index is 1.32. The van der Waals surface area contributed by atoms with Crippen LogP contribution in [0.25, 0.3) is 116 Å². The molecule has 0 saturated carbocycles. The summed E-state index contributed by atoms with van der Waals surface area (Å²) in [4.78, 5) is 0. The van der Waals surface area contributed by atoms with Crippen LogP contribution in [0.5, 0.6) is 0 Å². The molecule has 63 heavy (non-hydrogen) atoms. The van der Waals surface area contributed by atoms with E-state index in [0.717, 1.165) is 34.1 Å². The van der Waals surface area contributed by atoms with Gasteiger partial charge in [0, 0.05) is 49.9 Å². The number of hydrogen-bond donors (Lipinski definition) is 0. The molecule has 0 amide bonds. The Hall–Kier alpha value is -8.40. The van der Waals surface area contributed by atoms with Gasteiger partial charge in [0.1, 0.15) is 0 Å². The maximum Gasteiger partial charge on any atom is 0.0650 e. The van der Waals surface area contributed by atoms with Crippen LogP contribution in [-0.2, 0) is 0 Å². The minimum absolute atomic E-state index is 1.11.